The number of rotatable bonds is 5. The Balaban J connectivity index is 2.34. The zero-order chi connectivity index (χ0) is 13.8. The van der Waals surface area contributed by atoms with Crippen LogP contribution in [0.2, 0.25) is 12.6 Å². The molecule has 0 radical (unpaired) electrons. The molecule has 0 aromatic heterocycles. The minimum atomic E-state index is -1.12. The maximum atomic E-state index is 6.51. The van der Waals surface area contributed by atoms with Gasteiger partial charge in [0.05, 0.1) is 28.8 Å². The minimum absolute atomic E-state index is 0.0651. The third-order valence-corrected chi connectivity index (χ3v) is 11.2. The molecular weight excluding hydrogens is 268 g/mol. The van der Waals surface area contributed by atoms with Crippen LogP contribution in [0.25, 0.3) is 0 Å². The highest BCUT2D eigenvalue weighted by atomic mass is 28.3. The van der Waals surface area contributed by atoms with Crippen LogP contribution in [0.4, 0.5) is 0 Å². The van der Waals surface area contributed by atoms with E-state index in [0.717, 1.165) is 13.2 Å². The third kappa shape index (κ3) is 2.78. The largest absolute Gasteiger partial charge is 0.377 e. The lowest BCUT2D eigenvalue weighted by molar-refractivity contribution is -0.162. The van der Waals surface area contributed by atoms with Gasteiger partial charge in [0.25, 0.3) is 0 Å². The number of ether oxygens (including phenoxy) is 2. The van der Waals surface area contributed by atoms with Gasteiger partial charge in [-0.05, 0) is 38.5 Å². The first-order valence-corrected chi connectivity index (χ1v) is 12.2. The van der Waals surface area contributed by atoms with Crippen LogP contribution in [0.1, 0.15) is 45.4 Å². The van der Waals surface area contributed by atoms with Crippen LogP contribution in [0.5, 0.6) is 0 Å². The summed E-state index contributed by atoms with van der Waals surface area (Å²) in [5.41, 5.74) is 2.23. The fourth-order valence-electron chi connectivity index (χ4n) is 4.14. The zero-order valence-corrected chi connectivity index (χ0v) is 15.3. The highest BCUT2D eigenvalue weighted by molar-refractivity contribution is 6.68. The first-order chi connectivity index (χ1) is 9.21. The van der Waals surface area contributed by atoms with Crippen molar-refractivity contribution >= 4 is 18.3 Å². The standard InChI is InChI=1S/C15H30O2Si2/c1-4-18-14(10-6-8-12-16-14)15(19(3)5-2)11-7-9-13-17-15/h5,19H,2,4,6-13,18H2,1,3H3. The van der Waals surface area contributed by atoms with Crippen molar-refractivity contribution < 1.29 is 9.47 Å². The summed E-state index contributed by atoms with van der Waals surface area (Å²) in [4.78, 5) is 0. The van der Waals surface area contributed by atoms with Gasteiger partial charge in [0.1, 0.15) is 0 Å². The van der Waals surface area contributed by atoms with Gasteiger partial charge in [-0.1, -0.05) is 19.5 Å². The van der Waals surface area contributed by atoms with Gasteiger partial charge in [-0.3, -0.25) is 0 Å². The molecular formula is C15H30O2Si2. The fourth-order valence-corrected chi connectivity index (χ4v) is 10.3. The van der Waals surface area contributed by atoms with Crippen LogP contribution in [0.3, 0.4) is 0 Å². The summed E-state index contributed by atoms with van der Waals surface area (Å²) < 4.78 is 13.0. The summed E-state index contributed by atoms with van der Waals surface area (Å²) in [6.45, 7) is 10.8. The SMILES string of the molecule is C=C[SiH](C)C1(C2([SiH2]CC)CCCCO2)CCCCO1. The molecule has 19 heavy (non-hydrogen) atoms. The first kappa shape index (κ1) is 15.5. The molecule has 3 atom stereocenters. The predicted molar refractivity (Wildman–Crippen MR) is 87.3 cm³/mol. The molecule has 0 N–H and O–H groups in total. The molecule has 2 aliphatic rings. The summed E-state index contributed by atoms with van der Waals surface area (Å²) in [6.07, 6.45) is 7.58. The lowest BCUT2D eigenvalue weighted by Crippen LogP contribution is -2.69. The summed E-state index contributed by atoms with van der Waals surface area (Å²) in [5.74, 6) is 0. The maximum Gasteiger partial charge on any atom is 0.0985 e. The van der Waals surface area contributed by atoms with Crippen molar-refractivity contribution in [3.63, 3.8) is 0 Å². The van der Waals surface area contributed by atoms with E-state index >= 15 is 0 Å². The molecule has 0 bridgehead atoms. The molecule has 2 fully saturated rings. The minimum Gasteiger partial charge on any atom is -0.377 e. The highest BCUT2D eigenvalue weighted by Crippen LogP contribution is 2.44. The molecule has 2 aliphatic heterocycles. The lowest BCUT2D eigenvalue weighted by atomic mass is 9.96. The quantitative estimate of drug-likeness (QED) is 0.726. The molecule has 0 spiro atoms. The van der Waals surface area contributed by atoms with Crippen molar-refractivity contribution in [1.29, 1.82) is 0 Å². The Bertz CT molecular complexity index is 289. The molecule has 110 valence electrons. The van der Waals surface area contributed by atoms with Crippen LogP contribution in [0, 0.1) is 0 Å². The van der Waals surface area contributed by atoms with Gasteiger partial charge in [-0.15, -0.1) is 12.3 Å². The first-order valence-electron chi connectivity index (χ1n) is 8.11. The predicted octanol–water partition coefficient (Wildman–Crippen LogP) is 2.55. The smallest absolute Gasteiger partial charge is 0.0985 e. The van der Waals surface area contributed by atoms with Crippen molar-refractivity contribution in [2.24, 2.45) is 0 Å². The molecule has 2 rings (SSSR count). The van der Waals surface area contributed by atoms with E-state index in [9.17, 15) is 0 Å². The normalized spacial score (nSPS) is 38.4. The molecule has 0 aromatic carbocycles. The Morgan fingerprint density at radius 3 is 2.32 bits per heavy atom. The van der Waals surface area contributed by atoms with E-state index in [4.69, 9.17) is 9.47 Å². The second-order valence-corrected chi connectivity index (χ2v) is 11.9. The average molecular weight is 299 g/mol. The van der Waals surface area contributed by atoms with Crippen LogP contribution in [-0.4, -0.2) is 42.0 Å². The van der Waals surface area contributed by atoms with Gasteiger partial charge in [0, 0.05) is 13.2 Å². The molecule has 3 unspecified atom stereocenters. The Hall–Kier alpha value is 0.0938. The van der Waals surface area contributed by atoms with Crippen LogP contribution >= 0.6 is 0 Å². The van der Waals surface area contributed by atoms with Gasteiger partial charge < -0.3 is 9.47 Å². The Labute approximate surface area is 122 Å². The van der Waals surface area contributed by atoms with E-state index in [0.29, 0.717) is 0 Å². The second kappa shape index (κ2) is 6.70. The van der Waals surface area contributed by atoms with E-state index < -0.39 is 8.80 Å². The zero-order valence-electron chi connectivity index (χ0n) is 12.7. The average Bonchev–Trinajstić information content (AvgIpc) is 2.48. The van der Waals surface area contributed by atoms with Crippen molar-refractivity contribution in [1.82, 2.24) is 0 Å². The molecule has 0 aliphatic carbocycles. The van der Waals surface area contributed by atoms with Gasteiger partial charge in [-0.2, -0.15) is 0 Å². The monoisotopic (exact) mass is 298 g/mol. The van der Waals surface area contributed by atoms with Gasteiger partial charge in [-0.25, -0.2) is 0 Å². The van der Waals surface area contributed by atoms with E-state index in [1.165, 1.54) is 44.6 Å². The third-order valence-electron chi connectivity index (χ3n) is 5.17. The van der Waals surface area contributed by atoms with E-state index in [2.05, 4.69) is 25.7 Å². The fraction of sp³-hybridized carbons (Fsp3) is 0.867. The van der Waals surface area contributed by atoms with Crippen LogP contribution < -0.4 is 0 Å². The Kier molecular flexibility index (Phi) is 5.46. The maximum absolute atomic E-state index is 6.51. The lowest BCUT2D eigenvalue weighted by Gasteiger charge is -2.56. The Morgan fingerprint density at radius 1 is 1.16 bits per heavy atom. The van der Waals surface area contributed by atoms with Crippen LogP contribution in [-0.2, 0) is 9.47 Å². The summed E-state index contributed by atoms with van der Waals surface area (Å²) in [7, 11) is -1.36. The number of hydrogen-bond acceptors (Lipinski definition) is 2. The topological polar surface area (TPSA) is 18.5 Å². The van der Waals surface area contributed by atoms with E-state index in [1.54, 1.807) is 0 Å². The second-order valence-electron chi connectivity index (χ2n) is 6.27. The van der Waals surface area contributed by atoms with Crippen molar-refractivity contribution in [3.05, 3.63) is 12.3 Å². The number of hydrogen-bond donors (Lipinski definition) is 0. The van der Waals surface area contributed by atoms with Crippen molar-refractivity contribution in [2.75, 3.05) is 13.2 Å². The van der Waals surface area contributed by atoms with Crippen LogP contribution in [0.15, 0.2) is 12.3 Å². The van der Waals surface area contributed by atoms with Crippen molar-refractivity contribution in [3.8, 4) is 0 Å². The summed E-state index contributed by atoms with van der Waals surface area (Å²) >= 11 is 0. The molecule has 2 nitrogen and oxygen atoms in total. The summed E-state index contributed by atoms with van der Waals surface area (Å²) in [5, 5.41) is 0.190. The van der Waals surface area contributed by atoms with Gasteiger partial charge in [0.2, 0.25) is 0 Å². The molecule has 4 heteroatoms. The molecule has 2 heterocycles. The van der Waals surface area contributed by atoms with Gasteiger partial charge >= 0.3 is 0 Å². The van der Waals surface area contributed by atoms with Crippen molar-refractivity contribution in [2.45, 2.75) is 68.5 Å². The van der Waals surface area contributed by atoms with Gasteiger partial charge in [0.15, 0.2) is 0 Å². The Morgan fingerprint density at radius 2 is 1.84 bits per heavy atom. The van der Waals surface area contributed by atoms with E-state index in [1.807, 2.05) is 0 Å². The van der Waals surface area contributed by atoms with E-state index in [-0.39, 0.29) is 20.0 Å². The molecule has 0 aromatic rings. The summed E-state index contributed by atoms with van der Waals surface area (Å²) in [6, 6.07) is 1.32. The molecule has 0 amide bonds. The highest BCUT2D eigenvalue weighted by Gasteiger charge is 2.56. The molecule has 2 saturated heterocycles. The molecule has 0 saturated carbocycles.